The highest BCUT2D eigenvalue weighted by Gasteiger charge is 2.11. The van der Waals surface area contributed by atoms with Gasteiger partial charge in [0.05, 0.1) is 6.54 Å². The highest BCUT2D eigenvalue weighted by Crippen LogP contribution is 2.12. The minimum absolute atomic E-state index is 0.160. The van der Waals surface area contributed by atoms with E-state index >= 15 is 0 Å². The molecule has 0 spiro atoms. The van der Waals surface area contributed by atoms with Crippen molar-refractivity contribution in [1.29, 1.82) is 0 Å². The first-order chi connectivity index (χ1) is 9.69. The van der Waals surface area contributed by atoms with Gasteiger partial charge in [0, 0.05) is 24.2 Å². The van der Waals surface area contributed by atoms with Crippen LogP contribution in [0.1, 0.15) is 11.3 Å². The Labute approximate surface area is 119 Å². The van der Waals surface area contributed by atoms with Crippen LogP contribution in [0.15, 0.2) is 40.5 Å². The second-order valence-corrected chi connectivity index (χ2v) is 5.16. The second kappa shape index (κ2) is 5.09. The fourth-order valence-corrected chi connectivity index (χ4v) is 2.38. The van der Waals surface area contributed by atoms with Crippen LogP contribution in [0.4, 0.5) is 0 Å². The van der Waals surface area contributed by atoms with E-state index in [0.29, 0.717) is 17.5 Å². The van der Waals surface area contributed by atoms with E-state index in [9.17, 15) is 4.79 Å². The zero-order valence-corrected chi connectivity index (χ0v) is 12.0. The van der Waals surface area contributed by atoms with Gasteiger partial charge in [-0.05, 0) is 24.8 Å². The molecule has 20 heavy (non-hydrogen) atoms. The van der Waals surface area contributed by atoms with Gasteiger partial charge in [-0.25, -0.2) is 0 Å². The summed E-state index contributed by atoms with van der Waals surface area (Å²) in [5.41, 5.74) is 1.74. The van der Waals surface area contributed by atoms with Gasteiger partial charge in [0.2, 0.25) is 10.9 Å². The lowest BCUT2D eigenvalue weighted by atomic mass is 10.3. The molecule has 0 radical (unpaired) electrons. The number of fused-ring (bicyclic) bond motifs is 1. The van der Waals surface area contributed by atoms with Crippen molar-refractivity contribution >= 4 is 17.5 Å². The molecule has 3 heterocycles. The molecule has 3 rings (SSSR count). The van der Waals surface area contributed by atoms with Crippen molar-refractivity contribution in [2.75, 3.05) is 6.26 Å². The van der Waals surface area contributed by atoms with Crippen LogP contribution in [-0.2, 0) is 6.54 Å². The van der Waals surface area contributed by atoms with E-state index in [-0.39, 0.29) is 5.56 Å². The smallest absolute Gasteiger partial charge is 0.275 e. The minimum Gasteiger partial charge on any atom is -0.310 e. The Hall–Kier alpha value is -2.15. The summed E-state index contributed by atoms with van der Waals surface area (Å²) in [4.78, 5) is 20.5. The fraction of sp³-hybridized carbons (Fsp3) is 0.231. The molecule has 3 aromatic heterocycles. The summed E-state index contributed by atoms with van der Waals surface area (Å²) in [6.45, 7) is 2.50. The van der Waals surface area contributed by atoms with E-state index < -0.39 is 0 Å². The summed E-state index contributed by atoms with van der Waals surface area (Å²) in [5, 5.41) is 4.78. The van der Waals surface area contributed by atoms with E-state index in [1.54, 1.807) is 18.5 Å². The molecule has 0 bridgehead atoms. The molecular weight excluding hydrogens is 274 g/mol. The number of aryl methyl sites for hydroxylation is 1. The van der Waals surface area contributed by atoms with E-state index in [4.69, 9.17) is 0 Å². The molecule has 6 nitrogen and oxygen atoms in total. The lowest BCUT2D eigenvalue weighted by molar-refractivity contribution is 0.727. The van der Waals surface area contributed by atoms with E-state index in [1.807, 2.05) is 29.9 Å². The molecular formula is C13H13N5OS. The zero-order valence-electron chi connectivity index (χ0n) is 11.1. The highest BCUT2D eigenvalue weighted by atomic mass is 32.2. The zero-order chi connectivity index (χ0) is 14.1. The number of rotatable bonds is 3. The summed E-state index contributed by atoms with van der Waals surface area (Å²) in [6, 6.07) is 5.45. The van der Waals surface area contributed by atoms with Crippen molar-refractivity contribution in [3.05, 3.63) is 52.2 Å². The predicted molar refractivity (Wildman–Crippen MR) is 77.1 cm³/mol. The Balaban J connectivity index is 2.19. The summed E-state index contributed by atoms with van der Waals surface area (Å²) < 4.78 is 3.31. The first-order valence-electron chi connectivity index (χ1n) is 6.09. The standard InChI is InChI=1S/C13H13N5OS/c1-9-6-11(19)18-13(15-12(16-18)20-2)17(9)8-10-4-3-5-14-7-10/h3-7H,8H2,1-2H3. The van der Waals surface area contributed by atoms with Crippen molar-refractivity contribution in [3.8, 4) is 0 Å². The SMILES string of the molecule is CSc1nc2n(Cc3cccnc3)c(C)cc(=O)n2n1. The fourth-order valence-electron chi connectivity index (χ4n) is 2.04. The molecule has 0 aromatic carbocycles. The molecule has 0 amide bonds. The molecule has 0 unspecified atom stereocenters. The van der Waals surface area contributed by atoms with Crippen LogP contribution < -0.4 is 5.56 Å². The molecule has 0 aliphatic carbocycles. The van der Waals surface area contributed by atoms with Crippen LogP contribution >= 0.6 is 11.8 Å². The third-order valence-electron chi connectivity index (χ3n) is 3.02. The monoisotopic (exact) mass is 287 g/mol. The van der Waals surface area contributed by atoms with Crippen LogP contribution in [0.3, 0.4) is 0 Å². The Bertz CT molecular complexity index is 809. The second-order valence-electron chi connectivity index (χ2n) is 4.38. The molecule has 102 valence electrons. The maximum Gasteiger partial charge on any atom is 0.275 e. The lowest BCUT2D eigenvalue weighted by Crippen LogP contribution is -2.20. The molecule has 0 fully saturated rings. The van der Waals surface area contributed by atoms with Crippen LogP contribution in [0.2, 0.25) is 0 Å². The number of pyridine rings is 1. The molecule has 7 heteroatoms. The van der Waals surface area contributed by atoms with E-state index in [0.717, 1.165) is 11.3 Å². The van der Waals surface area contributed by atoms with Crippen LogP contribution in [-0.4, -0.2) is 30.4 Å². The van der Waals surface area contributed by atoms with Gasteiger partial charge in [-0.2, -0.15) is 9.50 Å². The molecule has 0 N–H and O–H groups in total. The summed E-state index contributed by atoms with van der Waals surface area (Å²) in [5.74, 6) is 0.559. The molecule has 0 saturated heterocycles. The first-order valence-corrected chi connectivity index (χ1v) is 7.31. The van der Waals surface area contributed by atoms with Gasteiger partial charge in [-0.1, -0.05) is 17.8 Å². The number of aromatic nitrogens is 5. The third-order valence-corrected chi connectivity index (χ3v) is 3.56. The van der Waals surface area contributed by atoms with E-state index in [1.165, 1.54) is 16.3 Å². The van der Waals surface area contributed by atoms with Gasteiger partial charge in [0.1, 0.15) is 0 Å². The number of thioether (sulfide) groups is 1. The molecule has 3 aromatic rings. The Morgan fingerprint density at radius 3 is 2.95 bits per heavy atom. The molecule has 0 aliphatic rings. The Morgan fingerprint density at radius 2 is 2.25 bits per heavy atom. The van der Waals surface area contributed by atoms with Crippen molar-refractivity contribution in [3.63, 3.8) is 0 Å². The van der Waals surface area contributed by atoms with Crippen molar-refractivity contribution in [1.82, 2.24) is 24.1 Å². The first kappa shape index (κ1) is 12.9. The summed E-state index contributed by atoms with van der Waals surface area (Å²) in [6.07, 6.45) is 5.43. The highest BCUT2D eigenvalue weighted by molar-refractivity contribution is 7.98. The van der Waals surface area contributed by atoms with Gasteiger partial charge in [-0.15, -0.1) is 5.10 Å². The predicted octanol–water partition coefficient (Wildman–Crippen LogP) is 1.36. The van der Waals surface area contributed by atoms with Crippen molar-refractivity contribution in [2.45, 2.75) is 18.6 Å². The quantitative estimate of drug-likeness (QED) is 0.681. The Kier molecular flexibility index (Phi) is 3.27. The van der Waals surface area contributed by atoms with Crippen LogP contribution in [0.25, 0.3) is 5.78 Å². The third kappa shape index (κ3) is 2.20. The number of nitrogens with zero attached hydrogens (tertiary/aromatic N) is 5. The van der Waals surface area contributed by atoms with E-state index in [2.05, 4.69) is 15.1 Å². The van der Waals surface area contributed by atoms with Gasteiger partial charge in [0.15, 0.2) is 0 Å². The summed E-state index contributed by atoms with van der Waals surface area (Å²) in [7, 11) is 0. The lowest BCUT2D eigenvalue weighted by Gasteiger charge is -2.10. The molecule has 0 atom stereocenters. The Morgan fingerprint density at radius 1 is 1.40 bits per heavy atom. The number of hydrogen-bond donors (Lipinski definition) is 0. The normalized spacial score (nSPS) is 11.1. The van der Waals surface area contributed by atoms with Gasteiger partial charge in [-0.3, -0.25) is 9.78 Å². The maximum absolute atomic E-state index is 12.0. The number of hydrogen-bond acceptors (Lipinski definition) is 5. The van der Waals surface area contributed by atoms with Gasteiger partial charge >= 0.3 is 0 Å². The average molecular weight is 287 g/mol. The van der Waals surface area contributed by atoms with Crippen LogP contribution in [0, 0.1) is 6.92 Å². The molecule has 0 saturated carbocycles. The minimum atomic E-state index is -0.160. The summed E-state index contributed by atoms with van der Waals surface area (Å²) >= 11 is 1.42. The topological polar surface area (TPSA) is 65.1 Å². The van der Waals surface area contributed by atoms with Gasteiger partial charge in [0.25, 0.3) is 5.56 Å². The van der Waals surface area contributed by atoms with Crippen LogP contribution in [0.5, 0.6) is 0 Å². The van der Waals surface area contributed by atoms with Gasteiger partial charge < -0.3 is 4.57 Å². The molecule has 0 aliphatic heterocycles. The largest absolute Gasteiger partial charge is 0.310 e. The average Bonchev–Trinajstić information content (AvgIpc) is 2.89. The van der Waals surface area contributed by atoms with Crippen molar-refractivity contribution in [2.24, 2.45) is 0 Å². The maximum atomic E-state index is 12.0. The van der Waals surface area contributed by atoms with Crippen molar-refractivity contribution < 1.29 is 0 Å².